The highest BCUT2D eigenvalue weighted by Crippen LogP contribution is 2.01. The number of hydrogen-bond acceptors (Lipinski definition) is 3. The minimum Gasteiger partial charge on any atom is -0.464 e. The van der Waals surface area contributed by atoms with Gasteiger partial charge in [0, 0.05) is 18.4 Å². The molecule has 0 unspecified atom stereocenters. The summed E-state index contributed by atoms with van der Waals surface area (Å²) in [5, 5.41) is 0. The lowest BCUT2D eigenvalue weighted by molar-refractivity contribution is -0.144. The van der Waals surface area contributed by atoms with Gasteiger partial charge >= 0.3 is 5.97 Å². The van der Waals surface area contributed by atoms with E-state index in [1.807, 2.05) is 22.9 Å². The van der Waals surface area contributed by atoms with E-state index in [1.165, 1.54) is 0 Å². The van der Waals surface area contributed by atoms with Crippen LogP contribution in [0.1, 0.15) is 25.5 Å². The molecule has 0 aliphatic carbocycles. The minimum absolute atomic E-state index is 0.200. The highest BCUT2D eigenvalue weighted by atomic mass is 16.5. The van der Waals surface area contributed by atoms with E-state index in [9.17, 15) is 4.79 Å². The van der Waals surface area contributed by atoms with Gasteiger partial charge < -0.3 is 15.0 Å². The van der Waals surface area contributed by atoms with Crippen molar-refractivity contribution in [2.45, 2.75) is 32.9 Å². The number of nitrogens with two attached hydrogens (primary N) is 1. The van der Waals surface area contributed by atoms with Gasteiger partial charge in [0.15, 0.2) is 0 Å². The van der Waals surface area contributed by atoms with E-state index < -0.39 is 0 Å². The Bertz CT molecular complexity index is 307. The molecule has 0 aromatic carbocycles. The van der Waals surface area contributed by atoms with Gasteiger partial charge in [-0.1, -0.05) is 13.3 Å². The van der Waals surface area contributed by atoms with E-state index >= 15 is 0 Å². The lowest BCUT2D eigenvalue weighted by atomic mass is 10.4. The Hall–Kier alpha value is -1.29. The molecule has 0 saturated heterocycles. The van der Waals surface area contributed by atoms with Crippen molar-refractivity contribution >= 4 is 5.97 Å². The summed E-state index contributed by atoms with van der Waals surface area (Å²) in [6.07, 6.45) is 3.79. The Labute approximate surface area is 90.0 Å². The molecule has 4 heteroatoms. The third-order valence-electron chi connectivity index (χ3n) is 2.19. The Morgan fingerprint density at radius 2 is 2.40 bits per heavy atom. The molecule has 1 heterocycles. The van der Waals surface area contributed by atoms with Crippen molar-refractivity contribution in [3.8, 4) is 0 Å². The maximum Gasteiger partial charge on any atom is 0.325 e. The van der Waals surface area contributed by atoms with Crippen LogP contribution >= 0.6 is 0 Å². The fourth-order valence-corrected chi connectivity index (χ4v) is 1.30. The largest absolute Gasteiger partial charge is 0.464 e. The van der Waals surface area contributed by atoms with Crippen LogP contribution in [0.5, 0.6) is 0 Å². The van der Waals surface area contributed by atoms with Crippen molar-refractivity contribution in [1.82, 2.24) is 4.57 Å². The minimum atomic E-state index is -0.200. The Morgan fingerprint density at radius 3 is 3.07 bits per heavy atom. The molecule has 0 atom stereocenters. The number of ether oxygens (including phenoxy) is 1. The van der Waals surface area contributed by atoms with Crippen LogP contribution < -0.4 is 5.73 Å². The van der Waals surface area contributed by atoms with Crippen LogP contribution in [0.25, 0.3) is 0 Å². The first kappa shape index (κ1) is 11.8. The maximum absolute atomic E-state index is 11.4. The Morgan fingerprint density at radius 1 is 1.60 bits per heavy atom. The first-order valence-corrected chi connectivity index (χ1v) is 5.27. The summed E-state index contributed by atoms with van der Waals surface area (Å²) in [6.45, 7) is 3.26. The molecule has 0 radical (unpaired) electrons. The maximum atomic E-state index is 11.4. The van der Waals surface area contributed by atoms with Crippen LogP contribution in [0, 0.1) is 0 Å². The molecule has 1 rings (SSSR count). The number of carbonyl (C=O) groups is 1. The molecule has 0 bridgehead atoms. The van der Waals surface area contributed by atoms with E-state index in [1.54, 1.807) is 0 Å². The first-order valence-electron chi connectivity index (χ1n) is 5.27. The van der Waals surface area contributed by atoms with Crippen LogP contribution in [0.2, 0.25) is 0 Å². The van der Waals surface area contributed by atoms with Crippen LogP contribution in [0.15, 0.2) is 18.3 Å². The van der Waals surface area contributed by atoms with Crippen molar-refractivity contribution < 1.29 is 9.53 Å². The van der Waals surface area contributed by atoms with Gasteiger partial charge in [-0.05, 0) is 18.6 Å². The molecular weight excluding hydrogens is 192 g/mol. The fraction of sp³-hybridized carbons (Fsp3) is 0.545. The van der Waals surface area contributed by atoms with Crippen LogP contribution in [-0.2, 0) is 22.6 Å². The molecule has 1 aromatic heterocycles. The van der Waals surface area contributed by atoms with Gasteiger partial charge in [0.05, 0.1) is 6.61 Å². The van der Waals surface area contributed by atoms with E-state index in [0.29, 0.717) is 13.2 Å². The predicted octanol–water partition coefficient (Wildman–Crippen LogP) is 1.29. The van der Waals surface area contributed by atoms with Crippen molar-refractivity contribution in [2.75, 3.05) is 6.61 Å². The van der Waals surface area contributed by atoms with Crippen molar-refractivity contribution in [3.05, 3.63) is 24.0 Å². The molecule has 1 aromatic rings. The van der Waals surface area contributed by atoms with Gasteiger partial charge in [-0.2, -0.15) is 0 Å². The summed E-state index contributed by atoms with van der Waals surface area (Å²) < 4.78 is 6.87. The fourth-order valence-electron chi connectivity index (χ4n) is 1.30. The van der Waals surface area contributed by atoms with Gasteiger partial charge in [0.2, 0.25) is 0 Å². The Balaban J connectivity index is 2.37. The van der Waals surface area contributed by atoms with Crippen LogP contribution in [0.4, 0.5) is 0 Å². The zero-order valence-electron chi connectivity index (χ0n) is 9.11. The van der Waals surface area contributed by atoms with E-state index in [4.69, 9.17) is 10.5 Å². The second-order valence-electron chi connectivity index (χ2n) is 3.41. The van der Waals surface area contributed by atoms with E-state index in [0.717, 1.165) is 18.5 Å². The van der Waals surface area contributed by atoms with Crippen molar-refractivity contribution in [1.29, 1.82) is 0 Å². The van der Waals surface area contributed by atoms with E-state index in [-0.39, 0.29) is 12.5 Å². The molecule has 0 spiro atoms. The average molecular weight is 210 g/mol. The summed E-state index contributed by atoms with van der Waals surface area (Å²) in [5.41, 5.74) is 6.47. The number of hydrogen-bond donors (Lipinski definition) is 1. The van der Waals surface area contributed by atoms with Gasteiger partial charge in [0.1, 0.15) is 6.54 Å². The number of rotatable bonds is 6. The average Bonchev–Trinajstić information content (AvgIpc) is 2.65. The Kier molecular flexibility index (Phi) is 4.90. The molecule has 15 heavy (non-hydrogen) atoms. The lowest BCUT2D eigenvalue weighted by Gasteiger charge is -2.07. The molecule has 0 amide bonds. The molecule has 0 saturated carbocycles. The quantitative estimate of drug-likeness (QED) is 0.568. The molecule has 84 valence electrons. The number of nitrogens with zero attached hydrogens (tertiary/aromatic N) is 1. The highest BCUT2D eigenvalue weighted by molar-refractivity contribution is 5.69. The third kappa shape index (κ3) is 3.75. The molecular formula is C11H18N2O2. The van der Waals surface area contributed by atoms with Gasteiger partial charge in [-0.15, -0.1) is 0 Å². The SMILES string of the molecule is CCCCOC(=O)Cn1cccc1CN. The number of carbonyl (C=O) groups excluding carboxylic acids is 1. The highest BCUT2D eigenvalue weighted by Gasteiger charge is 2.05. The summed E-state index contributed by atoms with van der Waals surface area (Å²) in [5.74, 6) is -0.200. The summed E-state index contributed by atoms with van der Waals surface area (Å²) in [4.78, 5) is 11.4. The van der Waals surface area contributed by atoms with Crippen LogP contribution in [0.3, 0.4) is 0 Å². The monoisotopic (exact) mass is 210 g/mol. The van der Waals surface area contributed by atoms with Crippen LogP contribution in [-0.4, -0.2) is 17.1 Å². The summed E-state index contributed by atoms with van der Waals surface area (Å²) in [7, 11) is 0. The molecule has 4 nitrogen and oxygen atoms in total. The smallest absolute Gasteiger partial charge is 0.325 e. The second kappa shape index (κ2) is 6.24. The molecule has 2 N–H and O–H groups in total. The number of aromatic nitrogens is 1. The van der Waals surface area contributed by atoms with Gasteiger partial charge in [-0.3, -0.25) is 4.79 Å². The molecule has 0 aliphatic heterocycles. The second-order valence-corrected chi connectivity index (χ2v) is 3.41. The summed E-state index contributed by atoms with van der Waals surface area (Å²) in [6, 6.07) is 3.78. The number of esters is 1. The van der Waals surface area contributed by atoms with Gasteiger partial charge in [0.25, 0.3) is 0 Å². The van der Waals surface area contributed by atoms with Crippen molar-refractivity contribution in [2.24, 2.45) is 5.73 Å². The lowest BCUT2D eigenvalue weighted by Crippen LogP contribution is -2.16. The number of unbranched alkanes of at least 4 members (excludes halogenated alkanes) is 1. The summed E-state index contributed by atoms with van der Waals surface area (Å²) >= 11 is 0. The topological polar surface area (TPSA) is 57.2 Å². The third-order valence-corrected chi connectivity index (χ3v) is 2.19. The normalized spacial score (nSPS) is 10.3. The van der Waals surface area contributed by atoms with E-state index in [2.05, 4.69) is 6.92 Å². The zero-order valence-corrected chi connectivity index (χ0v) is 9.11. The molecule has 0 fully saturated rings. The van der Waals surface area contributed by atoms with Crippen molar-refractivity contribution in [3.63, 3.8) is 0 Å². The molecule has 0 aliphatic rings. The van der Waals surface area contributed by atoms with Gasteiger partial charge in [-0.25, -0.2) is 0 Å². The predicted molar refractivity (Wildman–Crippen MR) is 58.2 cm³/mol. The first-order chi connectivity index (χ1) is 7.27. The zero-order chi connectivity index (χ0) is 11.1. The standard InChI is InChI=1S/C11H18N2O2/c1-2-3-7-15-11(14)9-13-6-4-5-10(13)8-12/h4-6H,2-3,7-9,12H2,1H3.